The summed E-state index contributed by atoms with van der Waals surface area (Å²) in [5.74, 6) is -0.184. The van der Waals surface area contributed by atoms with E-state index >= 15 is 0 Å². The molecule has 8 heteroatoms. The summed E-state index contributed by atoms with van der Waals surface area (Å²) in [6, 6.07) is 9.61. The molecule has 1 N–H and O–H groups in total. The van der Waals surface area contributed by atoms with E-state index < -0.39 is 29.3 Å². The quantitative estimate of drug-likeness (QED) is 0.737. The maximum absolute atomic E-state index is 13.5. The van der Waals surface area contributed by atoms with Crippen molar-refractivity contribution < 1.29 is 23.1 Å². The smallest absolute Gasteiger partial charge is 0.391 e. The van der Waals surface area contributed by atoms with Crippen LogP contribution in [-0.4, -0.2) is 45.9 Å². The largest absolute Gasteiger partial charge is 0.433 e. The predicted octanol–water partition coefficient (Wildman–Crippen LogP) is 2.69. The monoisotopic (exact) mass is 401 g/mol. The van der Waals surface area contributed by atoms with Gasteiger partial charge in [0.1, 0.15) is 16.9 Å². The maximum atomic E-state index is 13.5. The fourth-order valence-electron chi connectivity index (χ4n) is 4.73. The van der Waals surface area contributed by atoms with Gasteiger partial charge in [-0.1, -0.05) is 24.3 Å². The van der Waals surface area contributed by atoms with Crippen molar-refractivity contribution in [2.24, 2.45) is 4.99 Å². The van der Waals surface area contributed by atoms with Crippen molar-refractivity contribution >= 4 is 11.7 Å². The van der Waals surface area contributed by atoms with E-state index in [9.17, 15) is 23.1 Å². The molecule has 1 unspecified atom stereocenters. The van der Waals surface area contributed by atoms with Crippen LogP contribution >= 0.6 is 0 Å². The predicted molar refractivity (Wildman–Crippen MR) is 98.5 cm³/mol. The number of halogens is 3. The first-order chi connectivity index (χ1) is 13.8. The van der Waals surface area contributed by atoms with Crippen LogP contribution in [0.1, 0.15) is 40.9 Å². The maximum Gasteiger partial charge on any atom is 0.433 e. The minimum Gasteiger partial charge on any atom is -0.391 e. The average molecular weight is 401 g/mol. The van der Waals surface area contributed by atoms with Crippen LogP contribution < -0.4 is 0 Å². The van der Waals surface area contributed by atoms with E-state index in [0.717, 1.165) is 11.6 Å². The Hall–Kier alpha value is -2.74. The van der Waals surface area contributed by atoms with Gasteiger partial charge in [-0.15, -0.1) is 0 Å². The van der Waals surface area contributed by atoms with Crippen LogP contribution in [0.25, 0.3) is 0 Å². The van der Waals surface area contributed by atoms with E-state index in [1.165, 1.54) is 6.07 Å². The first-order valence-electron chi connectivity index (χ1n) is 9.54. The van der Waals surface area contributed by atoms with Gasteiger partial charge in [0.15, 0.2) is 0 Å². The van der Waals surface area contributed by atoms with E-state index in [2.05, 4.69) is 9.98 Å². The number of carbonyl (C=O) groups is 1. The van der Waals surface area contributed by atoms with E-state index in [4.69, 9.17) is 0 Å². The van der Waals surface area contributed by atoms with Crippen LogP contribution in [0.15, 0.2) is 41.4 Å². The third-order valence-electron chi connectivity index (χ3n) is 6.11. The van der Waals surface area contributed by atoms with Crippen LogP contribution in [0.3, 0.4) is 0 Å². The van der Waals surface area contributed by atoms with Gasteiger partial charge >= 0.3 is 6.18 Å². The summed E-state index contributed by atoms with van der Waals surface area (Å²) in [6.07, 6.45) is -3.74. The summed E-state index contributed by atoms with van der Waals surface area (Å²) in [5, 5.41) is 9.88. The van der Waals surface area contributed by atoms with Gasteiger partial charge in [0.25, 0.3) is 5.91 Å². The minimum absolute atomic E-state index is 0.119. The zero-order chi connectivity index (χ0) is 20.4. The molecule has 29 heavy (non-hydrogen) atoms. The molecule has 2 aliphatic heterocycles. The van der Waals surface area contributed by atoms with Crippen molar-refractivity contribution in [2.45, 2.75) is 37.0 Å². The minimum atomic E-state index is -4.62. The second kappa shape index (κ2) is 6.13. The topological polar surface area (TPSA) is 65.8 Å². The number of hydrogen-bond donors (Lipinski definition) is 1. The standard InChI is InChI=1S/C21H18F3N3O2/c22-21(23,24)16-6-5-14-17(25-16)20(9-7-12-3-1-2-4-15(12)20)19(29)26-18(14)27-10-8-13(28)11-27/h1-6,13,28H,7-11H2/t13-,20?/m1/s1. The number of aliphatic hydroxyl groups excluding tert-OH is 1. The number of amidine groups is 1. The van der Waals surface area contributed by atoms with Gasteiger partial charge in [-0.25, -0.2) is 4.98 Å². The van der Waals surface area contributed by atoms with E-state index in [0.29, 0.717) is 42.8 Å². The molecule has 1 fully saturated rings. The Kier molecular flexibility index (Phi) is 3.87. The number of aliphatic imine (C=N–C) groups is 1. The van der Waals surface area contributed by atoms with Crippen molar-refractivity contribution in [3.8, 4) is 0 Å². The number of aromatic nitrogens is 1. The summed E-state index contributed by atoms with van der Waals surface area (Å²) in [4.78, 5) is 23.4. The third-order valence-corrected chi connectivity index (χ3v) is 6.11. The highest BCUT2D eigenvalue weighted by atomic mass is 19.4. The number of likely N-dealkylation sites (tertiary alicyclic amines) is 1. The molecule has 1 saturated heterocycles. The highest BCUT2D eigenvalue weighted by Gasteiger charge is 2.53. The lowest BCUT2D eigenvalue weighted by Crippen LogP contribution is -2.45. The third kappa shape index (κ3) is 2.62. The van der Waals surface area contributed by atoms with Gasteiger partial charge in [-0.2, -0.15) is 18.2 Å². The van der Waals surface area contributed by atoms with Crippen LogP contribution in [0, 0.1) is 0 Å². The van der Waals surface area contributed by atoms with Gasteiger partial charge < -0.3 is 10.0 Å². The molecule has 3 aliphatic rings. The summed E-state index contributed by atoms with van der Waals surface area (Å²) in [5.41, 5.74) is -0.147. The molecule has 0 radical (unpaired) electrons. The summed E-state index contributed by atoms with van der Waals surface area (Å²) >= 11 is 0. The van der Waals surface area contributed by atoms with Gasteiger partial charge in [-0.05, 0) is 42.5 Å². The summed E-state index contributed by atoms with van der Waals surface area (Å²) < 4.78 is 40.4. The second-order valence-corrected chi connectivity index (χ2v) is 7.78. The number of nitrogens with zero attached hydrogens (tertiary/aromatic N) is 3. The molecule has 1 aliphatic carbocycles. The molecule has 2 aromatic rings. The first-order valence-corrected chi connectivity index (χ1v) is 9.54. The van der Waals surface area contributed by atoms with Crippen molar-refractivity contribution in [1.82, 2.24) is 9.88 Å². The number of hydrogen-bond acceptors (Lipinski definition) is 4. The molecule has 1 aromatic heterocycles. The fourth-order valence-corrected chi connectivity index (χ4v) is 4.73. The van der Waals surface area contributed by atoms with Gasteiger partial charge in [0, 0.05) is 18.7 Å². The molecule has 150 valence electrons. The van der Waals surface area contributed by atoms with Gasteiger partial charge in [0.2, 0.25) is 0 Å². The molecule has 0 bridgehead atoms. The van der Waals surface area contributed by atoms with Crippen LogP contribution in [-0.2, 0) is 22.8 Å². The molecule has 5 rings (SSSR count). The van der Waals surface area contributed by atoms with Crippen molar-refractivity contribution in [3.05, 3.63) is 64.5 Å². The van der Waals surface area contributed by atoms with Crippen molar-refractivity contribution in [2.75, 3.05) is 13.1 Å². The van der Waals surface area contributed by atoms with Gasteiger partial charge in [-0.3, -0.25) is 4.79 Å². The average Bonchev–Trinajstić information content (AvgIpc) is 3.29. The number of carbonyl (C=O) groups excluding carboxylic acids is 1. The number of rotatable bonds is 0. The Bertz CT molecular complexity index is 1050. The molecule has 5 nitrogen and oxygen atoms in total. The highest BCUT2D eigenvalue weighted by Crippen LogP contribution is 2.48. The number of alkyl halides is 3. The van der Waals surface area contributed by atoms with E-state index in [1.807, 2.05) is 12.1 Å². The Balaban J connectivity index is 1.75. The first kappa shape index (κ1) is 18.3. The van der Waals surface area contributed by atoms with Gasteiger partial charge in [0.05, 0.1) is 11.8 Å². The molecule has 2 atom stereocenters. The second-order valence-electron chi connectivity index (χ2n) is 7.78. The van der Waals surface area contributed by atoms with Crippen LogP contribution in [0.5, 0.6) is 0 Å². The molecular formula is C21H18F3N3O2. The molecule has 0 saturated carbocycles. The Labute approximate surface area is 164 Å². The lowest BCUT2D eigenvalue weighted by molar-refractivity contribution is -0.141. The number of fused-ring (bicyclic) bond motifs is 4. The Morgan fingerprint density at radius 1 is 1.17 bits per heavy atom. The number of β-amino-alcohol motifs (C(OH)–C–C–N with tert-alkyl or cyclic N) is 1. The SMILES string of the molecule is O=C1N=C(N2CC[C@@H](O)C2)c2ccc(C(F)(F)F)nc2C12CCc1ccccc12. The number of aryl methyl sites for hydroxylation is 1. The fraction of sp³-hybridized carbons (Fsp3) is 0.381. The van der Waals surface area contributed by atoms with Crippen molar-refractivity contribution in [3.63, 3.8) is 0 Å². The van der Waals surface area contributed by atoms with Crippen molar-refractivity contribution in [1.29, 1.82) is 0 Å². The highest BCUT2D eigenvalue weighted by molar-refractivity contribution is 6.13. The van der Waals surface area contributed by atoms with Crippen LogP contribution in [0.2, 0.25) is 0 Å². The van der Waals surface area contributed by atoms with E-state index in [-0.39, 0.29) is 12.2 Å². The number of amides is 1. The number of pyridine rings is 1. The summed E-state index contributed by atoms with van der Waals surface area (Å²) in [6.45, 7) is 0.771. The molecular weight excluding hydrogens is 383 g/mol. The van der Waals surface area contributed by atoms with Crippen LogP contribution in [0.4, 0.5) is 13.2 Å². The number of aliphatic hydroxyl groups is 1. The zero-order valence-electron chi connectivity index (χ0n) is 15.4. The Morgan fingerprint density at radius 2 is 1.97 bits per heavy atom. The number of benzene rings is 1. The zero-order valence-corrected chi connectivity index (χ0v) is 15.4. The molecule has 1 amide bonds. The molecule has 3 heterocycles. The lowest BCUT2D eigenvalue weighted by atomic mass is 9.74. The summed E-state index contributed by atoms with van der Waals surface area (Å²) in [7, 11) is 0. The Morgan fingerprint density at radius 3 is 2.69 bits per heavy atom. The van der Waals surface area contributed by atoms with E-state index in [1.54, 1.807) is 17.0 Å². The normalized spacial score (nSPS) is 25.9. The molecule has 1 spiro atoms. The lowest BCUT2D eigenvalue weighted by Gasteiger charge is -2.35. The molecule has 1 aromatic carbocycles.